The van der Waals surface area contributed by atoms with Gasteiger partial charge in [0.25, 0.3) is 0 Å². The molecule has 1 heterocycles. The Morgan fingerprint density at radius 1 is 0.923 bits per heavy atom. The Hall–Kier alpha value is -3.25. The van der Waals surface area contributed by atoms with Crippen LogP contribution in [0.15, 0.2) is 78.2 Å². The Morgan fingerprint density at radius 2 is 1.58 bits per heavy atom. The molecule has 5 nitrogen and oxygen atoms in total. The molecule has 2 aromatic carbocycles. The first-order chi connectivity index (χ1) is 12.7. The van der Waals surface area contributed by atoms with Gasteiger partial charge >= 0.3 is 0 Å². The average Bonchev–Trinajstić information content (AvgIpc) is 3.15. The van der Waals surface area contributed by atoms with Crippen molar-refractivity contribution < 1.29 is 9.59 Å². The second kappa shape index (κ2) is 8.73. The van der Waals surface area contributed by atoms with Gasteiger partial charge in [0.1, 0.15) is 10.8 Å². The summed E-state index contributed by atoms with van der Waals surface area (Å²) in [5.41, 5.74) is 1.99. The van der Waals surface area contributed by atoms with Crippen molar-refractivity contribution in [3.63, 3.8) is 0 Å². The maximum Gasteiger partial charge on any atom is 0.249 e. The lowest BCUT2D eigenvalue weighted by Crippen LogP contribution is -2.21. The summed E-state index contributed by atoms with van der Waals surface area (Å²) in [6, 6.07) is 19.3. The highest BCUT2D eigenvalue weighted by atomic mass is 32.1. The zero-order valence-corrected chi connectivity index (χ0v) is 14.7. The normalized spacial score (nSPS) is 10.6. The van der Waals surface area contributed by atoms with Gasteiger partial charge in [-0.25, -0.2) is 4.98 Å². The Morgan fingerprint density at radius 3 is 2.31 bits per heavy atom. The minimum absolute atomic E-state index is 0.327. The fraction of sp³-hybridized carbons (Fsp3) is 0.0500. The molecule has 3 aromatic rings. The van der Waals surface area contributed by atoms with Crippen molar-refractivity contribution in [2.45, 2.75) is 6.54 Å². The number of carbonyl (C=O) groups is 2. The summed E-state index contributed by atoms with van der Waals surface area (Å²) in [5, 5.41) is 7.97. The smallest absolute Gasteiger partial charge is 0.249 e. The monoisotopic (exact) mass is 363 g/mol. The second-order valence-corrected chi connectivity index (χ2v) is 6.29. The zero-order chi connectivity index (χ0) is 18.2. The number of carbonyl (C=O) groups excluding carboxylic acids is 2. The van der Waals surface area contributed by atoms with E-state index in [1.807, 2.05) is 60.7 Å². The molecule has 0 aliphatic rings. The molecule has 130 valence electrons. The van der Waals surface area contributed by atoms with Gasteiger partial charge < -0.3 is 10.6 Å². The molecule has 2 N–H and O–H groups in total. The van der Waals surface area contributed by atoms with Gasteiger partial charge in [0.2, 0.25) is 11.8 Å². The molecule has 0 radical (unpaired) electrons. The van der Waals surface area contributed by atoms with Crippen LogP contribution in [0, 0.1) is 0 Å². The van der Waals surface area contributed by atoms with Crippen LogP contribution in [0.5, 0.6) is 0 Å². The lowest BCUT2D eigenvalue weighted by molar-refractivity contribution is -0.117. The molecule has 2 amide bonds. The van der Waals surface area contributed by atoms with Gasteiger partial charge in [-0.15, -0.1) is 11.3 Å². The summed E-state index contributed by atoms with van der Waals surface area (Å²) < 4.78 is 0. The number of nitrogens with zero attached hydrogens (tertiary/aromatic N) is 1. The summed E-state index contributed by atoms with van der Waals surface area (Å²) in [7, 11) is 0. The van der Waals surface area contributed by atoms with Crippen molar-refractivity contribution in [3.8, 4) is 10.6 Å². The molecule has 0 saturated heterocycles. The first kappa shape index (κ1) is 17.6. The summed E-state index contributed by atoms with van der Waals surface area (Å²) >= 11 is 1.45. The molecule has 0 saturated carbocycles. The highest BCUT2D eigenvalue weighted by molar-refractivity contribution is 7.13. The Bertz CT molecular complexity index is 905. The molecule has 0 bridgehead atoms. The summed E-state index contributed by atoms with van der Waals surface area (Å²) in [5.74, 6) is -0.259. The molecule has 0 aliphatic carbocycles. The standard InChI is InChI=1S/C20H17N3O2S/c24-18(21-13-15-7-3-1-4-8-15)11-12-19(25)22-17-14-26-20(23-17)16-9-5-2-6-10-16/h1-12,14H,13H2,(H,21,24)(H,22,25)/b12-11+. The number of rotatable bonds is 6. The van der Waals surface area contributed by atoms with Crippen LogP contribution in [0.4, 0.5) is 5.82 Å². The second-order valence-electron chi connectivity index (χ2n) is 5.43. The van der Waals surface area contributed by atoms with E-state index < -0.39 is 5.91 Å². The van der Waals surface area contributed by atoms with Crippen molar-refractivity contribution in [3.05, 3.63) is 83.8 Å². The number of amides is 2. The lowest BCUT2D eigenvalue weighted by Gasteiger charge is -2.01. The maximum absolute atomic E-state index is 11.9. The Balaban J connectivity index is 1.50. The third kappa shape index (κ3) is 5.12. The topological polar surface area (TPSA) is 71.1 Å². The van der Waals surface area contributed by atoms with Crippen molar-refractivity contribution in [1.82, 2.24) is 10.3 Å². The molecule has 0 atom stereocenters. The molecule has 0 unspecified atom stereocenters. The van der Waals surface area contributed by atoms with Gasteiger partial charge in [-0.3, -0.25) is 9.59 Å². The molecular formula is C20H17N3O2S. The van der Waals surface area contributed by atoms with Gasteiger partial charge in [-0.05, 0) is 5.56 Å². The van der Waals surface area contributed by atoms with Crippen LogP contribution in [0.1, 0.15) is 5.56 Å². The molecular weight excluding hydrogens is 346 g/mol. The first-order valence-electron chi connectivity index (χ1n) is 8.02. The number of anilines is 1. The molecule has 0 aliphatic heterocycles. The predicted molar refractivity (Wildman–Crippen MR) is 104 cm³/mol. The van der Waals surface area contributed by atoms with E-state index >= 15 is 0 Å². The Kier molecular flexibility index (Phi) is 5.90. The summed E-state index contributed by atoms with van der Waals surface area (Å²) in [6.45, 7) is 0.415. The van der Waals surface area contributed by atoms with Crippen LogP contribution >= 0.6 is 11.3 Å². The minimum atomic E-state index is -0.398. The van der Waals surface area contributed by atoms with E-state index in [0.717, 1.165) is 16.1 Å². The van der Waals surface area contributed by atoms with Gasteiger partial charge in [0.15, 0.2) is 0 Å². The van der Waals surface area contributed by atoms with Crippen LogP contribution in [0.25, 0.3) is 10.6 Å². The fourth-order valence-electron chi connectivity index (χ4n) is 2.21. The zero-order valence-electron chi connectivity index (χ0n) is 13.9. The number of aromatic nitrogens is 1. The highest BCUT2D eigenvalue weighted by Crippen LogP contribution is 2.25. The number of hydrogen-bond acceptors (Lipinski definition) is 4. The number of benzene rings is 2. The maximum atomic E-state index is 11.9. The largest absolute Gasteiger partial charge is 0.348 e. The van der Waals surface area contributed by atoms with Gasteiger partial charge in [0, 0.05) is 29.6 Å². The van der Waals surface area contributed by atoms with Crippen LogP contribution < -0.4 is 10.6 Å². The number of hydrogen-bond donors (Lipinski definition) is 2. The lowest BCUT2D eigenvalue weighted by atomic mass is 10.2. The summed E-state index contributed by atoms with van der Waals surface area (Å²) in [4.78, 5) is 28.1. The molecule has 26 heavy (non-hydrogen) atoms. The number of nitrogens with one attached hydrogen (secondary N) is 2. The van der Waals surface area contributed by atoms with Crippen LogP contribution in [0.3, 0.4) is 0 Å². The third-order valence-electron chi connectivity index (χ3n) is 3.47. The van der Waals surface area contributed by atoms with Gasteiger partial charge in [-0.2, -0.15) is 0 Å². The Labute approximate surface area is 155 Å². The van der Waals surface area contributed by atoms with Crippen molar-refractivity contribution >= 4 is 29.0 Å². The predicted octanol–water partition coefficient (Wildman–Crippen LogP) is 3.62. The van der Waals surface area contributed by atoms with Crippen molar-refractivity contribution in [1.29, 1.82) is 0 Å². The van der Waals surface area contributed by atoms with Crippen LogP contribution in [0.2, 0.25) is 0 Å². The van der Waals surface area contributed by atoms with E-state index in [-0.39, 0.29) is 5.91 Å². The van der Waals surface area contributed by atoms with Gasteiger partial charge in [-0.1, -0.05) is 60.7 Å². The quantitative estimate of drug-likeness (QED) is 0.657. The van der Waals surface area contributed by atoms with E-state index in [0.29, 0.717) is 12.4 Å². The van der Waals surface area contributed by atoms with E-state index in [9.17, 15) is 9.59 Å². The van der Waals surface area contributed by atoms with E-state index in [2.05, 4.69) is 15.6 Å². The first-order valence-corrected chi connectivity index (χ1v) is 8.90. The van der Waals surface area contributed by atoms with E-state index in [1.54, 1.807) is 5.38 Å². The van der Waals surface area contributed by atoms with E-state index in [4.69, 9.17) is 0 Å². The summed E-state index contributed by atoms with van der Waals surface area (Å²) in [6.07, 6.45) is 2.41. The highest BCUT2D eigenvalue weighted by Gasteiger charge is 2.06. The SMILES string of the molecule is O=C(/C=C/C(=O)Nc1csc(-c2ccccc2)n1)NCc1ccccc1. The molecule has 0 fully saturated rings. The van der Waals surface area contributed by atoms with Gasteiger partial charge in [0.05, 0.1) is 0 Å². The van der Waals surface area contributed by atoms with Crippen molar-refractivity contribution in [2.75, 3.05) is 5.32 Å². The average molecular weight is 363 g/mol. The van der Waals surface area contributed by atoms with E-state index in [1.165, 1.54) is 23.5 Å². The number of thiazole rings is 1. The van der Waals surface area contributed by atoms with Crippen molar-refractivity contribution in [2.24, 2.45) is 0 Å². The minimum Gasteiger partial charge on any atom is -0.348 e. The molecule has 1 aromatic heterocycles. The third-order valence-corrected chi connectivity index (χ3v) is 4.36. The van der Waals surface area contributed by atoms with Crippen LogP contribution in [-0.4, -0.2) is 16.8 Å². The molecule has 0 spiro atoms. The molecule has 3 rings (SSSR count). The molecule has 6 heteroatoms. The fourth-order valence-corrected chi connectivity index (χ4v) is 2.97. The van der Waals surface area contributed by atoms with Crippen LogP contribution in [-0.2, 0) is 16.1 Å².